The highest BCUT2D eigenvalue weighted by molar-refractivity contribution is 7.79. The first-order valence-corrected chi connectivity index (χ1v) is 6.22. The van der Waals surface area contributed by atoms with E-state index in [2.05, 4.69) is 18.8 Å². The van der Waals surface area contributed by atoms with Gasteiger partial charge in [-0.25, -0.2) is 4.98 Å². The summed E-state index contributed by atoms with van der Waals surface area (Å²) in [5, 5.41) is 1.38. The van der Waals surface area contributed by atoms with E-state index in [1.54, 1.807) is 4.57 Å². The van der Waals surface area contributed by atoms with Gasteiger partial charge in [0.05, 0.1) is 5.69 Å². The minimum absolute atomic E-state index is 0.0686. The molecule has 0 aliphatic carbocycles. The molecule has 0 unspecified atom stereocenters. The Balaban J connectivity index is 3.36. The number of hydrogen-bond donors (Lipinski definition) is 0. The van der Waals surface area contributed by atoms with Gasteiger partial charge in [0.15, 0.2) is 0 Å². The summed E-state index contributed by atoms with van der Waals surface area (Å²) in [5.74, 6) is 0. The van der Waals surface area contributed by atoms with Gasteiger partial charge in [-0.15, -0.1) is 0 Å². The predicted molar refractivity (Wildman–Crippen MR) is 70.3 cm³/mol. The van der Waals surface area contributed by atoms with Crippen molar-refractivity contribution in [2.75, 3.05) is 0 Å². The monoisotopic (exact) mass is 238 g/mol. The molecule has 0 aliphatic heterocycles. The Morgan fingerprint density at radius 3 is 2.50 bits per heavy atom. The van der Waals surface area contributed by atoms with Gasteiger partial charge < -0.3 is 4.57 Å². The molecule has 16 heavy (non-hydrogen) atoms. The lowest BCUT2D eigenvalue weighted by Crippen LogP contribution is -2.28. The maximum Gasteiger partial charge on any atom is 0.277 e. The van der Waals surface area contributed by atoms with Gasteiger partial charge in [0.1, 0.15) is 5.69 Å². The van der Waals surface area contributed by atoms with E-state index in [4.69, 9.17) is 12.2 Å². The molecule has 0 N–H and O–H groups in total. The van der Waals surface area contributed by atoms with E-state index in [1.165, 1.54) is 5.37 Å². The molecule has 1 rings (SSSR count). The second-order valence-corrected chi connectivity index (χ2v) is 4.01. The van der Waals surface area contributed by atoms with Crippen molar-refractivity contribution in [1.82, 2.24) is 9.55 Å². The third kappa shape index (κ3) is 2.55. The predicted octanol–water partition coefficient (Wildman–Crippen LogP) is 2.51. The van der Waals surface area contributed by atoms with Crippen LogP contribution in [-0.2, 0) is 6.42 Å². The van der Waals surface area contributed by atoms with Crippen LogP contribution in [0.3, 0.4) is 0 Å². The molecule has 1 aromatic rings. The summed E-state index contributed by atoms with van der Waals surface area (Å²) >= 11 is 4.83. The fraction of sp³-hybridized carbons (Fsp3) is 0.583. The zero-order valence-electron chi connectivity index (χ0n) is 10.1. The Bertz CT molecular complexity index is 422. The zero-order valence-corrected chi connectivity index (χ0v) is 10.9. The average Bonchev–Trinajstić information content (AvgIpc) is 2.32. The van der Waals surface area contributed by atoms with Crippen molar-refractivity contribution in [3.8, 4) is 0 Å². The van der Waals surface area contributed by atoms with Crippen LogP contribution >= 0.6 is 12.2 Å². The maximum atomic E-state index is 12.0. The first-order valence-electron chi connectivity index (χ1n) is 5.75. The van der Waals surface area contributed by atoms with Gasteiger partial charge in [0, 0.05) is 17.6 Å². The lowest BCUT2D eigenvalue weighted by molar-refractivity contribution is 0.453. The summed E-state index contributed by atoms with van der Waals surface area (Å²) in [6.45, 7) is 6.20. The molecule has 0 radical (unpaired) electrons. The second-order valence-electron chi connectivity index (χ2n) is 3.77. The lowest BCUT2D eigenvalue weighted by Gasteiger charge is -2.17. The highest BCUT2D eigenvalue weighted by Gasteiger charge is 2.12. The van der Waals surface area contributed by atoms with Crippen LogP contribution in [-0.4, -0.2) is 14.9 Å². The van der Waals surface area contributed by atoms with Crippen LogP contribution in [0, 0.1) is 0 Å². The highest BCUT2D eigenvalue weighted by Crippen LogP contribution is 2.13. The average molecular weight is 238 g/mol. The summed E-state index contributed by atoms with van der Waals surface area (Å²) in [5.41, 5.74) is 1.24. The molecule has 0 bridgehead atoms. The summed E-state index contributed by atoms with van der Waals surface area (Å²) in [7, 11) is 0. The van der Waals surface area contributed by atoms with Crippen molar-refractivity contribution >= 4 is 17.6 Å². The molecule has 0 aliphatic rings. The Morgan fingerprint density at radius 1 is 1.44 bits per heavy atom. The number of aromatic nitrogens is 2. The van der Waals surface area contributed by atoms with Gasteiger partial charge in [0.2, 0.25) is 0 Å². The van der Waals surface area contributed by atoms with Crippen molar-refractivity contribution in [1.29, 1.82) is 0 Å². The van der Waals surface area contributed by atoms with E-state index < -0.39 is 0 Å². The van der Waals surface area contributed by atoms with Crippen molar-refractivity contribution in [2.45, 2.75) is 46.1 Å². The summed E-state index contributed by atoms with van der Waals surface area (Å²) in [6, 6.07) is 0.245. The Hall–Kier alpha value is -1.03. The third-order valence-corrected chi connectivity index (χ3v) is 3.04. The molecule has 1 aromatic heterocycles. The largest absolute Gasteiger partial charge is 0.309 e. The standard InChI is InChI=1S/C12H18N2OS/c1-4-9-7-14(10(5-2)6-3)12(15)11(8-16)13-9/h7-8,10H,4-6H2,1-3H3. The first-order chi connectivity index (χ1) is 7.67. The first kappa shape index (κ1) is 13.0. The van der Waals surface area contributed by atoms with E-state index in [-0.39, 0.29) is 11.6 Å². The van der Waals surface area contributed by atoms with Crippen LogP contribution in [0.25, 0.3) is 0 Å². The fourth-order valence-corrected chi connectivity index (χ4v) is 1.94. The van der Waals surface area contributed by atoms with Crippen molar-refractivity contribution in [2.24, 2.45) is 0 Å². The van der Waals surface area contributed by atoms with Crippen LogP contribution in [0.15, 0.2) is 11.0 Å². The molecule has 3 nitrogen and oxygen atoms in total. The quantitative estimate of drug-likeness (QED) is 0.739. The van der Waals surface area contributed by atoms with Gasteiger partial charge in [0.25, 0.3) is 5.56 Å². The van der Waals surface area contributed by atoms with Gasteiger partial charge in [-0.1, -0.05) is 33.0 Å². The number of nitrogens with zero attached hydrogens (tertiary/aromatic N) is 2. The topological polar surface area (TPSA) is 34.9 Å². The summed E-state index contributed by atoms with van der Waals surface area (Å²) < 4.78 is 1.78. The number of rotatable bonds is 5. The normalized spacial score (nSPS) is 10.8. The van der Waals surface area contributed by atoms with Crippen LogP contribution in [0.1, 0.15) is 51.0 Å². The molecular weight excluding hydrogens is 220 g/mol. The number of thiocarbonyl (C=S) groups is 1. The summed E-state index contributed by atoms with van der Waals surface area (Å²) in [6.07, 6.45) is 4.57. The molecule has 0 spiro atoms. The smallest absolute Gasteiger partial charge is 0.277 e. The van der Waals surface area contributed by atoms with Crippen LogP contribution in [0.2, 0.25) is 0 Å². The second kappa shape index (κ2) is 5.89. The molecule has 4 heteroatoms. The van der Waals surface area contributed by atoms with E-state index in [0.29, 0.717) is 5.69 Å². The molecule has 0 amide bonds. The molecular formula is C12H18N2OS. The van der Waals surface area contributed by atoms with Gasteiger partial charge in [-0.3, -0.25) is 4.79 Å². The Kier molecular flexibility index (Phi) is 4.80. The lowest BCUT2D eigenvalue weighted by atomic mass is 10.1. The van der Waals surface area contributed by atoms with Crippen LogP contribution < -0.4 is 5.56 Å². The molecule has 88 valence electrons. The minimum atomic E-state index is -0.0686. The summed E-state index contributed by atoms with van der Waals surface area (Å²) in [4.78, 5) is 16.3. The maximum absolute atomic E-state index is 12.0. The molecule has 0 saturated heterocycles. The van der Waals surface area contributed by atoms with Gasteiger partial charge in [-0.2, -0.15) is 0 Å². The number of hydrogen-bond acceptors (Lipinski definition) is 3. The van der Waals surface area contributed by atoms with E-state index in [1.807, 2.05) is 13.1 Å². The van der Waals surface area contributed by atoms with E-state index >= 15 is 0 Å². The van der Waals surface area contributed by atoms with E-state index in [0.717, 1.165) is 25.0 Å². The van der Waals surface area contributed by atoms with Crippen molar-refractivity contribution in [3.05, 3.63) is 27.9 Å². The van der Waals surface area contributed by atoms with Crippen molar-refractivity contribution < 1.29 is 0 Å². The molecule has 0 fully saturated rings. The molecule has 1 heterocycles. The zero-order chi connectivity index (χ0) is 12.1. The fourth-order valence-electron chi connectivity index (χ4n) is 1.78. The highest BCUT2D eigenvalue weighted by atomic mass is 32.1. The minimum Gasteiger partial charge on any atom is -0.309 e. The van der Waals surface area contributed by atoms with Gasteiger partial charge in [-0.05, 0) is 19.3 Å². The SMILES string of the molecule is CCc1cn(C(CC)CC)c(=O)c(C=S)n1. The van der Waals surface area contributed by atoms with Crippen LogP contribution in [0.4, 0.5) is 0 Å². The Morgan fingerprint density at radius 2 is 2.06 bits per heavy atom. The molecule has 0 aromatic carbocycles. The molecule has 0 saturated carbocycles. The van der Waals surface area contributed by atoms with Gasteiger partial charge >= 0.3 is 0 Å². The number of aryl methyl sites for hydroxylation is 1. The van der Waals surface area contributed by atoms with Crippen molar-refractivity contribution in [3.63, 3.8) is 0 Å². The Labute approximate surface area is 102 Å². The third-order valence-electron chi connectivity index (χ3n) is 2.82. The molecule has 0 atom stereocenters. The van der Waals surface area contributed by atoms with E-state index in [9.17, 15) is 4.79 Å². The van der Waals surface area contributed by atoms with Crippen LogP contribution in [0.5, 0.6) is 0 Å².